The van der Waals surface area contributed by atoms with E-state index in [0.717, 1.165) is 122 Å². The molecule has 8 unspecified atom stereocenters. The minimum absolute atomic E-state index is 0. The average molecular weight is 1630 g/mol. The molecule has 2 fully saturated rings. The van der Waals surface area contributed by atoms with Crippen molar-refractivity contribution in [2.24, 2.45) is 47.3 Å². The van der Waals surface area contributed by atoms with Gasteiger partial charge in [0.2, 0.25) is 23.6 Å². The van der Waals surface area contributed by atoms with Crippen LogP contribution in [0.2, 0.25) is 0 Å². The Morgan fingerprint density at radius 2 is 0.607 bits per heavy atom. The number of unbranched alkanes of at least 4 members (excludes halogenated alkanes) is 28. The Labute approximate surface area is 731 Å². The van der Waals surface area contributed by atoms with E-state index in [-0.39, 0.29) is 79.1 Å². The molecular formula is C101H180N8O8. The number of urea groups is 2. The van der Waals surface area contributed by atoms with Crippen LogP contribution in [-0.4, -0.2) is 123 Å². The second-order valence-electron chi connectivity index (χ2n) is 33.4. The van der Waals surface area contributed by atoms with E-state index in [0.29, 0.717) is 191 Å². The van der Waals surface area contributed by atoms with Crippen LogP contribution < -0.4 is 31.9 Å². The van der Waals surface area contributed by atoms with Crippen molar-refractivity contribution in [3.63, 3.8) is 0 Å². The van der Waals surface area contributed by atoms with Gasteiger partial charge in [0.15, 0.2) is 0 Å². The Morgan fingerprint density at radius 1 is 0.333 bits per heavy atom. The van der Waals surface area contributed by atoms with Crippen molar-refractivity contribution < 1.29 is 58.3 Å². The lowest BCUT2D eigenvalue weighted by Crippen LogP contribution is -2.31. The fourth-order valence-electron chi connectivity index (χ4n) is 17.1. The summed E-state index contributed by atoms with van der Waals surface area (Å²) < 4.78 is 0. The zero-order valence-electron chi connectivity index (χ0n) is 72.8. The summed E-state index contributed by atoms with van der Waals surface area (Å²) in [5.41, 5.74) is 0. The number of hydrogen-bond acceptors (Lipinski definition) is 8. The van der Waals surface area contributed by atoms with Crippen LogP contribution in [0.5, 0.6) is 0 Å². The molecule has 2 aliphatic carbocycles. The molecule has 0 aromatic heterocycles. The molecule has 2 heterocycles. The fourth-order valence-corrected chi connectivity index (χ4v) is 17.1. The maximum absolute atomic E-state index is 12.8. The molecule has 8 amide bonds. The van der Waals surface area contributed by atoms with Gasteiger partial charge in [-0.25, -0.2) is 9.59 Å². The van der Waals surface area contributed by atoms with E-state index in [9.17, 15) is 38.4 Å². The number of nitrogens with zero attached hydrogens (tertiary/aromatic N) is 2. The lowest BCUT2D eigenvalue weighted by atomic mass is 9.66. The molecule has 4 aliphatic rings. The van der Waals surface area contributed by atoms with Crippen molar-refractivity contribution in [3.05, 3.63) is 24.3 Å². The molecule has 0 aromatic rings. The third-order valence-electron chi connectivity index (χ3n) is 23.9. The van der Waals surface area contributed by atoms with Crippen LogP contribution in [0.3, 0.4) is 0 Å². The maximum atomic E-state index is 12.8. The molecule has 16 nitrogen and oxygen atoms in total. The number of carbonyl (C=O) groups is 8. The number of hydrogen-bond donors (Lipinski definition) is 6. The van der Waals surface area contributed by atoms with Gasteiger partial charge in [0, 0.05) is 149 Å². The highest BCUT2D eigenvalue weighted by Crippen LogP contribution is 2.44. The van der Waals surface area contributed by atoms with E-state index in [1.54, 1.807) is 9.80 Å². The van der Waals surface area contributed by atoms with E-state index in [4.69, 9.17) is 12.8 Å². The lowest BCUT2D eigenvalue weighted by molar-refractivity contribution is -0.123. The number of terminal acetylenes is 2. The van der Waals surface area contributed by atoms with Crippen molar-refractivity contribution in [2.75, 3.05) is 65.4 Å². The molecule has 2 aliphatic heterocycles. The van der Waals surface area contributed by atoms with Crippen LogP contribution in [0, 0.1) is 143 Å². The molecule has 0 bridgehead atoms. The van der Waals surface area contributed by atoms with Crippen molar-refractivity contribution in [1.29, 1.82) is 0 Å². The summed E-state index contributed by atoms with van der Waals surface area (Å²) in [6.45, 7) is 11.2. The number of carbonyl (C=O) groups excluding carboxylic acids is 8. The smallest absolute Gasteiger partial charge is 0.317 e. The first kappa shape index (κ1) is 101. The first-order valence-electron chi connectivity index (χ1n) is 46.8. The zero-order valence-corrected chi connectivity index (χ0v) is 72.8. The van der Waals surface area contributed by atoms with Crippen molar-refractivity contribution in [3.8, 4) is 95.7 Å². The average Bonchev–Trinajstić information content (AvgIpc) is 1.49. The van der Waals surface area contributed by atoms with E-state index >= 15 is 0 Å². The third-order valence-corrected chi connectivity index (χ3v) is 23.9. The molecule has 117 heavy (non-hydrogen) atoms. The topological polar surface area (TPSA) is 215 Å². The van der Waals surface area contributed by atoms with E-state index in [1.165, 1.54) is 128 Å². The largest absolute Gasteiger partial charge is 0.356 e. The molecule has 0 aromatic carbocycles. The Balaban J connectivity index is -0.00000114. The highest BCUT2D eigenvalue weighted by atomic mass is 16.2. The molecule has 672 valence electrons. The summed E-state index contributed by atoms with van der Waals surface area (Å²) in [5.74, 6) is 44.5. The summed E-state index contributed by atoms with van der Waals surface area (Å²) in [6, 6.07) is -0.0977. The summed E-state index contributed by atoms with van der Waals surface area (Å²) >= 11 is 0. The van der Waals surface area contributed by atoms with Crippen molar-refractivity contribution in [1.82, 2.24) is 41.7 Å². The van der Waals surface area contributed by atoms with E-state index in [1.807, 2.05) is 0 Å². The molecule has 6 N–H and O–H groups in total. The zero-order chi connectivity index (χ0) is 83.9. The summed E-state index contributed by atoms with van der Waals surface area (Å²) in [6.07, 6.45) is 72.9. The van der Waals surface area contributed by atoms with Gasteiger partial charge in [-0.15, -0.1) is 12.8 Å². The van der Waals surface area contributed by atoms with E-state index < -0.39 is 0 Å². The van der Waals surface area contributed by atoms with Gasteiger partial charge in [-0.1, -0.05) is 230 Å². The van der Waals surface area contributed by atoms with E-state index in [2.05, 4.69) is 153 Å². The van der Waals surface area contributed by atoms with Crippen LogP contribution in [0.25, 0.3) is 0 Å². The quantitative estimate of drug-likeness (QED) is 0.0195. The molecule has 0 radical (unpaired) electrons. The summed E-state index contributed by atoms with van der Waals surface area (Å²) in [7, 11) is 0. The standard InChI is InChI=1S/C101H152N8O8.14H2/c1-5-9-13-17-29-41-64-94-88(58-39-27-19-23-33-49-76-102-96(112)68-46-45-60-90(110)62-54-82-108-84-80-106-100(108)116)74-72-86(56-37-15-11-7-3)92(94)66-43-31-21-25-35-51-78-104-98(114)70-48-47-69-97(113)103-77-50-34-24-20-28-40-59-89-75-73-87(57-38-16-12-8-4)93(95(89)65-42-30-18-14-10-6-2)67-44-32-22-26-36-52-79-105-99(115)71-53-61-91(111)63-55-83-109-85-81-107-101(109)117;;;;;;;;;;;;;;/h1-2,72-75,86-89,92-95H,7-8,11-12,15-16,19-28,31-40,43-63,66-71,76-85H2,3-4H3,(H,102,112)(H,103,113)(H,104,114)(H,105,115)(H,106,116)(H,107,117);14*1H. The summed E-state index contributed by atoms with van der Waals surface area (Å²) in [5, 5.41) is 18.0. The molecule has 0 spiro atoms. The monoisotopic (exact) mass is 1630 g/mol. The highest BCUT2D eigenvalue weighted by Gasteiger charge is 2.36. The Kier molecular flexibility index (Phi) is 60.2. The summed E-state index contributed by atoms with van der Waals surface area (Å²) in [4.78, 5) is 102. The molecule has 16 heteroatoms. The third kappa shape index (κ3) is 51.0. The van der Waals surface area contributed by atoms with Crippen LogP contribution in [0.15, 0.2) is 24.3 Å². The fraction of sp³-hybridized carbons (Fsp3) is 0.723. The molecule has 2 saturated heterocycles. The normalized spacial score (nSPS) is 18.2. The van der Waals surface area contributed by atoms with Gasteiger partial charge in [-0.3, -0.25) is 28.8 Å². The van der Waals surface area contributed by atoms with Crippen LogP contribution in [0.1, 0.15) is 374 Å². The van der Waals surface area contributed by atoms with Crippen molar-refractivity contribution >= 4 is 47.3 Å². The van der Waals surface area contributed by atoms with Gasteiger partial charge in [0.05, 0.1) is 0 Å². The van der Waals surface area contributed by atoms with Crippen molar-refractivity contribution in [2.45, 2.75) is 354 Å². The predicted octanol–water partition coefficient (Wildman–Crippen LogP) is 22.2. The Hall–Kier alpha value is -8.28. The Bertz CT molecular complexity index is 3480. The number of ketones is 2. The van der Waals surface area contributed by atoms with Gasteiger partial charge in [-0.2, -0.15) is 0 Å². The maximum Gasteiger partial charge on any atom is 0.317 e. The molecular weight excluding hydrogens is 1450 g/mol. The number of allylic oxidation sites excluding steroid dienone is 4. The molecule has 4 rings (SSSR count). The predicted molar refractivity (Wildman–Crippen MR) is 508 cm³/mol. The minimum Gasteiger partial charge on any atom is -0.356 e. The van der Waals surface area contributed by atoms with Crippen LogP contribution in [-0.2, 0) is 28.8 Å². The number of nitrogens with one attached hydrogen (secondary N) is 6. The Morgan fingerprint density at radius 3 is 0.949 bits per heavy atom. The molecule has 8 atom stereocenters. The minimum atomic E-state index is -0.0537. The lowest BCUT2D eigenvalue weighted by Gasteiger charge is -2.38. The first-order valence-corrected chi connectivity index (χ1v) is 46.8. The van der Waals surface area contributed by atoms with Gasteiger partial charge < -0.3 is 41.7 Å². The second kappa shape index (κ2) is 69.6. The van der Waals surface area contributed by atoms with Gasteiger partial charge in [-0.05, 0) is 216 Å². The van der Waals surface area contributed by atoms with Crippen LogP contribution in [0.4, 0.5) is 9.59 Å². The van der Waals surface area contributed by atoms with Crippen LogP contribution >= 0.6 is 0 Å². The highest BCUT2D eigenvalue weighted by molar-refractivity contribution is 5.81. The number of Topliss-reactive ketones (excluding diaryl/α,β-unsaturated/α-hetero) is 2. The number of amides is 8. The number of rotatable bonds is 68. The second-order valence-corrected chi connectivity index (χ2v) is 33.4. The van der Waals surface area contributed by atoms with Gasteiger partial charge in [0.25, 0.3) is 0 Å². The molecule has 0 saturated carbocycles. The SMILES string of the molecule is C#CC#CC#CC#CC1C(CCCCCCCCNC(=O)CCCCC(=O)CCCN2CCNC2=O)C=CC(CCCCCC)C1CCCCCCCCNC(=O)CCCCC(=O)NCCCCCCCCC1C=CC(CCCCCC)C(CCCCCCCCNC(=O)CCCC(=O)CCCN2CCNC2=O)C1C#CC#CC#CC#C.[HH].[HH].[HH].[HH].[HH].[HH].[HH].[HH].[HH].[HH].[HH].[HH].[HH].[HH]. The van der Waals surface area contributed by atoms with Gasteiger partial charge >= 0.3 is 12.1 Å². The first-order chi connectivity index (χ1) is 57.4. The van der Waals surface area contributed by atoms with Gasteiger partial charge in [0.1, 0.15) is 11.6 Å².